The predicted molar refractivity (Wildman–Crippen MR) is 77.4 cm³/mol. The van der Waals surface area contributed by atoms with Crippen LogP contribution in [0.5, 0.6) is 5.75 Å². The van der Waals surface area contributed by atoms with Crippen LogP contribution in [0.25, 0.3) is 0 Å². The van der Waals surface area contributed by atoms with Crippen LogP contribution in [0.15, 0.2) is 53.4 Å². The van der Waals surface area contributed by atoms with Gasteiger partial charge in [0.05, 0.1) is 6.04 Å². The van der Waals surface area contributed by atoms with Crippen molar-refractivity contribution in [2.45, 2.75) is 17.3 Å². The Hall–Kier alpha value is -1.66. The minimum atomic E-state index is -4.71. The Labute approximate surface area is 125 Å². The summed E-state index contributed by atoms with van der Waals surface area (Å²) in [5.74, 6) is -0.267. The Balaban J connectivity index is 2.22. The fourth-order valence-corrected chi connectivity index (χ4v) is 2.32. The van der Waals surface area contributed by atoms with Gasteiger partial charge in [-0.3, -0.25) is 0 Å². The number of nitrogens with two attached hydrogens (primary N) is 1. The Bertz CT molecular complexity index is 599. The molecular formula is C15H14F3NOS. The van der Waals surface area contributed by atoms with Crippen LogP contribution >= 0.6 is 11.8 Å². The molecule has 2 N–H and O–H groups in total. The summed E-state index contributed by atoms with van der Waals surface area (Å²) in [6, 6.07) is 12.8. The molecule has 1 unspecified atom stereocenters. The van der Waals surface area contributed by atoms with E-state index < -0.39 is 12.4 Å². The monoisotopic (exact) mass is 313 g/mol. The number of rotatable bonds is 4. The molecule has 0 saturated heterocycles. The van der Waals surface area contributed by atoms with Crippen LogP contribution in [0.1, 0.15) is 17.2 Å². The van der Waals surface area contributed by atoms with Crippen LogP contribution in [0, 0.1) is 0 Å². The van der Waals surface area contributed by atoms with Gasteiger partial charge in [0.15, 0.2) is 0 Å². The van der Waals surface area contributed by atoms with Gasteiger partial charge in [-0.05, 0) is 41.6 Å². The average molecular weight is 313 g/mol. The van der Waals surface area contributed by atoms with E-state index in [0.717, 1.165) is 10.5 Å². The highest BCUT2D eigenvalue weighted by Gasteiger charge is 2.31. The summed E-state index contributed by atoms with van der Waals surface area (Å²) >= 11 is 1.61. The highest BCUT2D eigenvalue weighted by molar-refractivity contribution is 7.98. The third kappa shape index (κ3) is 4.41. The number of benzene rings is 2. The van der Waals surface area contributed by atoms with Crippen LogP contribution in [0.4, 0.5) is 13.2 Å². The molecule has 112 valence electrons. The van der Waals surface area contributed by atoms with E-state index in [1.807, 2.05) is 30.5 Å². The number of hydrogen-bond acceptors (Lipinski definition) is 3. The zero-order chi connectivity index (χ0) is 15.5. The summed E-state index contributed by atoms with van der Waals surface area (Å²) in [5, 5.41) is 0. The van der Waals surface area contributed by atoms with Crippen LogP contribution in [-0.4, -0.2) is 12.6 Å². The van der Waals surface area contributed by atoms with E-state index in [2.05, 4.69) is 4.74 Å². The van der Waals surface area contributed by atoms with Crippen LogP contribution in [0.3, 0.4) is 0 Å². The number of ether oxygens (including phenoxy) is 1. The van der Waals surface area contributed by atoms with E-state index in [1.165, 1.54) is 18.2 Å². The second kappa shape index (κ2) is 6.41. The molecule has 0 saturated carbocycles. The second-order valence-electron chi connectivity index (χ2n) is 4.37. The fourth-order valence-electron chi connectivity index (χ4n) is 1.91. The minimum Gasteiger partial charge on any atom is -0.406 e. The maximum Gasteiger partial charge on any atom is 0.573 e. The van der Waals surface area contributed by atoms with Crippen LogP contribution in [-0.2, 0) is 0 Å². The first-order valence-electron chi connectivity index (χ1n) is 6.14. The molecule has 0 spiro atoms. The summed E-state index contributed by atoms with van der Waals surface area (Å²) in [5.41, 5.74) is 7.49. The van der Waals surface area contributed by atoms with Crippen LogP contribution < -0.4 is 10.5 Å². The normalized spacial score (nSPS) is 13.0. The van der Waals surface area contributed by atoms with Gasteiger partial charge in [-0.25, -0.2) is 0 Å². The van der Waals surface area contributed by atoms with Crippen molar-refractivity contribution in [1.29, 1.82) is 0 Å². The smallest absolute Gasteiger partial charge is 0.406 e. The first-order chi connectivity index (χ1) is 9.89. The maximum atomic E-state index is 12.2. The molecule has 2 aromatic rings. The van der Waals surface area contributed by atoms with E-state index in [-0.39, 0.29) is 5.75 Å². The lowest BCUT2D eigenvalue weighted by Gasteiger charge is -2.15. The van der Waals surface area contributed by atoms with Crippen molar-refractivity contribution < 1.29 is 17.9 Å². The standard InChI is InChI=1S/C15H14F3NOS/c1-21-13-7-5-10(6-8-13)14(19)11-3-2-4-12(9-11)20-15(16,17)18/h2-9,14H,19H2,1H3. The summed E-state index contributed by atoms with van der Waals surface area (Å²) in [6.07, 6.45) is -2.74. The van der Waals surface area contributed by atoms with Gasteiger partial charge >= 0.3 is 6.36 Å². The van der Waals surface area contributed by atoms with Crippen molar-refractivity contribution in [2.75, 3.05) is 6.26 Å². The van der Waals surface area contributed by atoms with Crippen LogP contribution in [0.2, 0.25) is 0 Å². The molecule has 21 heavy (non-hydrogen) atoms. The topological polar surface area (TPSA) is 35.2 Å². The van der Waals surface area contributed by atoms with Gasteiger partial charge < -0.3 is 10.5 Å². The molecule has 0 aliphatic heterocycles. The van der Waals surface area contributed by atoms with E-state index in [9.17, 15) is 13.2 Å². The third-order valence-corrected chi connectivity index (χ3v) is 3.67. The first-order valence-corrected chi connectivity index (χ1v) is 7.37. The molecule has 0 aliphatic carbocycles. The van der Waals surface area contributed by atoms with Gasteiger partial charge in [-0.15, -0.1) is 24.9 Å². The predicted octanol–water partition coefficient (Wildman–Crippen LogP) is 4.36. The molecule has 0 aromatic heterocycles. The molecule has 0 radical (unpaired) electrons. The molecular weight excluding hydrogens is 299 g/mol. The largest absolute Gasteiger partial charge is 0.573 e. The zero-order valence-corrected chi connectivity index (χ0v) is 12.0. The lowest BCUT2D eigenvalue weighted by Crippen LogP contribution is -2.18. The molecule has 2 nitrogen and oxygen atoms in total. The van der Waals surface area contributed by atoms with E-state index in [1.54, 1.807) is 17.8 Å². The molecule has 0 aliphatic rings. The molecule has 0 fully saturated rings. The van der Waals surface area contributed by atoms with Crippen molar-refractivity contribution in [2.24, 2.45) is 5.73 Å². The Kier molecular flexibility index (Phi) is 4.80. The third-order valence-electron chi connectivity index (χ3n) is 2.93. The quantitative estimate of drug-likeness (QED) is 0.852. The number of alkyl halides is 3. The first kappa shape index (κ1) is 15.7. The number of halogens is 3. The van der Waals surface area contributed by atoms with Gasteiger partial charge in [0.25, 0.3) is 0 Å². The fraction of sp³-hybridized carbons (Fsp3) is 0.200. The van der Waals surface area contributed by atoms with Gasteiger partial charge in [0.1, 0.15) is 5.75 Å². The lowest BCUT2D eigenvalue weighted by atomic mass is 9.99. The minimum absolute atomic E-state index is 0.267. The van der Waals surface area contributed by atoms with Crippen molar-refractivity contribution >= 4 is 11.8 Å². The summed E-state index contributed by atoms with van der Waals surface area (Å²) in [7, 11) is 0. The lowest BCUT2D eigenvalue weighted by molar-refractivity contribution is -0.274. The number of thioether (sulfide) groups is 1. The molecule has 0 heterocycles. The van der Waals surface area contributed by atoms with Gasteiger partial charge in [-0.1, -0.05) is 24.3 Å². The summed E-state index contributed by atoms with van der Waals surface area (Å²) in [4.78, 5) is 1.10. The van der Waals surface area contributed by atoms with Crippen molar-refractivity contribution in [3.8, 4) is 5.75 Å². The van der Waals surface area contributed by atoms with Crippen molar-refractivity contribution in [3.63, 3.8) is 0 Å². The molecule has 6 heteroatoms. The maximum absolute atomic E-state index is 12.2. The van der Waals surface area contributed by atoms with Gasteiger partial charge in [-0.2, -0.15) is 0 Å². The summed E-state index contributed by atoms with van der Waals surface area (Å²) in [6.45, 7) is 0. The molecule has 1 atom stereocenters. The van der Waals surface area contributed by atoms with Gasteiger partial charge in [0.2, 0.25) is 0 Å². The molecule has 2 rings (SSSR count). The van der Waals surface area contributed by atoms with E-state index in [0.29, 0.717) is 5.56 Å². The Morgan fingerprint density at radius 2 is 1.71 bits per heavy atom. The zero-order valence-electron chi connectivity index (χ0n) is 11.2. The highest BCUT2D eigenvalue weighted by Crippen LogP contribution is 2.28. The van der Waals surface area contributed by atoms with Gasteiger partial charge in [0, 0.05) is 4.90 Å². The Morgan fingerprint density at radius 3 is 2.29 bits per heavy atom. The highest BCUT2D eigenvalue weighted by atomic mass is 32.2. The number of hydrogen-bond donors (Lipinski definition) is 1. The Morgan fingerprint density at radius 1 is 1.05 bits per heavy atom. The molecule has 0 bridgehead atoms. The summed E-state index contributed by atoms with van der Waals surface area (Å²) < 4.78 is 40.6. The van der Waals surface area contributed by atoms with Crippen molar-refractivity contribution in [1.82, 2.24) is 0 Å². The van der Waals surface area contributed by atoms with E-state index >= 15 is 0 Å². The van der Waals surface area contributed by atoms with E-state index in [4.69, 9.17) is 5.73 Å². The van der Waals surface area contributed by atoms with Crippen molar-refractivity contribution in [3.05, 3.63) is 59.7 Å². The molecule has 0 amide bonds. The average Bonchev–Trinajstić information content (AvgIpc) is 2.45. The SMILES string of the molecule is CSc1ccc(C(N)c2cccc(OC(F)(F)F)c2)cc1. The molecule has 2 aromatic carbocycles. The second-order valence-corrected chi connectivity index (χ2v) is 5.25.